The van der Waals surface area contributed by atoms with Gasteiger partial charge in [-0.15, -0.1) is 0 Å². The number of aromatic carboxylic acids is 1. The Kier molecular flexibility index (Phi) is 5.00. The molecule has 0 radical (unpaired) electrons. The van der Waals surface area contributed by atoms with Crippen LogP contribution in [0.4, 0.5) is 4.79 Å². The Morgan fingerprint density at radius 2 is 1.84 bits per heavy atom. The molecule has 0 atom stereocenters. The number of likely N-dealkylation sites (tertiary alicyclic amines) is 1. The van der Waals surface area contributed by atoms with Crippen molar-refractivity contribution in [2.45, 2.75) is 44.8 Å². The summed E-state index contributed by atoms with van der Waals surface area (Å²) in [5.41, 5.74) is 2.49. The number of hydrogen-bond donors (Lipinski definition) is 1. The molecule has 0 aliphatic carbocycles. The van der Waals surface area contributed by atoms with Crippen LogP contribution in [0.5, 0.6) is 5.75 Å². The number of pyridine rings is 1. The standard InChI is InChI=1S/C24H26N2O5/c1-15-18-13-19(16-5-7-17(8-6-16)21(27)28)25-14-20(18)30-24(15)9-11-26(12-10-24)22(29)31-23(2,3)4/h5-8,13-14H,1,9-12H2,2-4H3,(H,27,28). The molecule has 4 rings (SSSR count). The van der Waals surface area contributed by atoms with Gasteiger partial charge in [0.1, 0.15) is 17.0 Å². The Labute approximate surface area is 181 Å². The molecule has 2 aliphatic rings. The summed E-state index contributed by atoms with van der Waals surface area (Å²) in [6.45, 7) is 10.9. The molecule has 162 valence electrons. The monoisotopic (exact) mass is 422 g/mol. The van der Waals surface area contributed by atoms with Crippen molar-refractivity contribution >= 4 is 17.6 Å². The maximum atomic E-state index is 12.4. The number of benzene rings is 1. The highest BCUT2D eigenvalue weighted by atomic mass is 16.6. The molecule has 0 unspecified atom stereocenters. The van der Waals surface area contributed by atoms with Gasteiger partial charge < -0.3 is 19.5 Å². The minimum absolute atomic E-state index is 0.230. The molecule has 31 heavy (non-hydrogen) atoms. The number of piperidine rings is 1. The number of carboxylic acids is 1. The summed E-state index contributed by atoms with van der Waals surface area (Å²) in [6, 6.07) is 8.54. The lowest BCUT2D eigenvalue weighted by Crippen LogP contribution is -2.49. The molecule has 7 nitrogen and oxygen atoms in total. The predicted octanol–water partition coefficient (Wildman–Crippen LogP) is 4.62. The van der Waals surface area contributed by atoms with Gasteiger partial charge in [-0.2, -0.15) is 0 Å². The van der Waals surface area contributed by atoms with E-state index in [-0.39, 0.29) is 11.7 Å². The quantitative estimate of drug-likeness (QED) is 0.760. The van der Waals surface area contributed by atoms with Crippen LogP contribution in [0.1, 0.15) is 49.5 Å². The lowest BCUT2D eigenvalue weighted by Gasteiger charge is -2.39. The molecule has 2 aliphatic heterocycles. The minimum Gasteiger partial charge on any atom is -0.480 e. The number of amides is 1. The number of rotatable bonds is 2. The molecule has 1 amide bonds. The number of ether oxygens (including phenoxy) is 2. The third kappa shape index (κ3) is 4.00. The van der Waals surface area contributed by atoms with Crippen LogP contribution in [-0.4, -0.2) is 51.3 Å². The summed E-state index contributed by atoms with van der Waals surface area (Å²) in [5, 5.41) is 9.08. The predicted molar refractivity (Wildman–Crippen MR) is 116 cm³/mol. The largest absolute Gasteiger partial charge is 0.480 e. The lowest BCUT2D eigenvalue weighted by molar-refractivity contribution is 0.00444. The zero-order chi connectivity index (χ0) is 22.4. The Bertz CT molecular complexity index is 1040. The summed E-state index contributed by atoms with van der Waals surface area (Å²) in [4.78, 5) is 29.7. The van der Waals surface area contributed by atoms with Crippen LogP contribution in [0.2, 0.25) is 0 Å². The van der Waals surface area contributed by atoms with Crippen LogP contribution in [0.3, 0.4) is 0 Å². The van der Waals surface area contributed by atoms with Crippen LogP contribution in [0.25, 0.3) is 16.8 Å². The van der Waals surface area contributed by atoms with Crippen molar-refractivity contribution in [1.29, 1.82) is 0 Å². The van der Waals surface area contributed by atoms with Crippen LogP contribution < -0.4 is 4.74 Å². The number of hydrogen-bond acceptors (Lipinski definition) is 5. The Balaban J connectivity index is 1.50. The fourth-order valence-corrected chi connectivity index (χ4v) is 4.00. The van der Waals surface area contributed by atoms with E-state index in [4.69, 9.17) is 14.6 Å². The van der Waals surface area contributed by atoms with Gasteiger partial charge >= 0.3 is 12.1 Å². The maximum absolute atomic E-state index is 12.4. The molecule has 1 aromatic carbocycles. The van der Waals surface area contributed by atoms with Gasteiger partial charge in [0.25, 0.3) is 0 Å². The highest BCUT2D eigenvalue weighted by Crippen LogP contribution is 2.48. The highest BCUT2D eigenvalue weighted by molar-refractivity contribution is 5.88. The normalized spacial score (nSPS) is 17.3. The molecule has 2 aromatic rings. The summed E-state index contributed by atoms with van der Waals surface area (Å²) in [5.74, 6) is -0.281. The molecule has 7 heteroatoms. The Morgan fingerprint density at radius 1 is 1.19 bits per heavy atom. The highest BCUT2D eigenvalue weighted by Gasteiger charge is 2.46. The third-order valence-electron chi connectivity index (χ3n) is 5.70. The fourth-order valence-electron chi connectivity index (χ4n) is 4.00. The van der Waals surface area contributed by atoms with Gasteiger partial charge in [-0.05, 0) is 44.5 Å². The molecule has 3 heterocycles. The van der Waals surface area contributed by atoms with E-state index in [2.05, 4.69) is 11.6 Å². The van der Waals surface area contributed by atoms with E-state index in [9.17, 15) is 9.59 Å². The van der Waals surface area contributed by atoms with E-state index in [0.29, 0.717) is 31.7 Å². The van der Waals surface area contributed by atoms with Crippen molar-refractivity contribution in [2.24, 2.45) is 0 Å². The second-order valence-corrected chi connectivity index (χ2v) is 8.99. The first-order chi connectivity index (χ1) is 14.6. The van der Waals surface area contributed by atoms with Crippen molar-refractivity contribution in [3.63, 3.8) is 0 Å². The van der Waals surface area contributed by atoms with Crippen molar-refractivity contribution in [2.75, 3.05) is 13.1 Å². The fraction of sp³-hybridized carbons (Fsp3) is 0.375. The molecule has 1 N–H and O–H groups in total. The Hall–Kier alpha value is -3.35. The second-order valence-electron chi connectivity index (χ2n) is 8.99. The number of carboxylic acid groups (broad SMARTS) is 1. The summed E-state index contributed by atoms with van der Waals surface area (Å²) >= 11 is 0. The molecule has 1 spiro atoms. The number of fused-ring (bicyclic) bond motifs is 1. The van der Waals surface area contributed by atoms with Gasteiger partial charge in [0.2, 0.25) is 0 Å². The minimum atomic E-state index is -0.963. The number of carbonyl (C=O) groups excluding carboxylic acids is 1. The van der Waals surface area contributed by atoms with Crippen LogP contribution in [0.15, 0.2) is 43.1 Å². The van der Waals surface area contributed by atoms with Gasteiger partial charge in [0, 0.05) is 37.1 Å². The molecule has 1 saturated heterocycles. The Morgan fingerprint density at radius 3 is 2.42 bits per heavy atom. The summed E-state index contributed by atoms with van der Waals surface area (Å²) in [6.07, 6.45) is 2.64. The number of nitrogens with zero attached hydrogens (tertiary/aromatic N) is 2. The van der Waals surface area contributed by atoms with Gasteiger partial charge in [-0.3, -0.25) is 4.98 Å². The van der Waals surface area contributed by atoms with E-state index in [1.807, 2.05) is 26.8 Å². The van der Waals surface area contributed by atoms with E-state index < -0.39 is 17.2 Å². The summed E-state index contributed by atoms with van der Waals surface area (Å²) < 4.78 is 11.8. The van der Waals surface area contributed by atoms with Gasteiger partial charge in [-0.1, -0.05) is 18.7 Å². The van der Waals surface area contributed by atoms with Crippen molar-refractivity contribution in [3.05, 3.63) is 54.2 Å². The average Bonchev–Trinajstić information content (AvgIpc) is 2.98. The molecular formula is C24H26N2O5. The van der Waals surface area contributed by atoms with Crippen LogP contribution >= 0.6 is 0 Å². The average molecular weight is 422 g/mol. The summed E-state index contributed by atoms with van der Waals surface area (Å²) in [7, 11) is 0. The number of aromatic nitrogens is 1. The van der Waals surface area contributed by atoms with Crippen LogP contribution in [0, 0.1) is 0 Å². The smallest absolute Gasteiger partial charge is 0.410 e. The first kappa shape index (κ1) is 20.9. The van der Waals surface area contributed by atoms with Crippen LogP contribution in [-0.2, 0) is 4.74 Å². The second kappa shape index (κ2) is 7.41. The van der Waals surface area contributed by atoms with Gasteiger partial charge in [0.05, 0.1) is 17.5 Å². The van der Waals surface area contributed by atoms with Gasteiger partial charge in [0.15, 0.2) is 0 Å². The van der Waals surface area contributed by atoms with E-state index in [1.54, 1.807) is 35.4 Å². The topological polar surface area (TPSA) is 89.0 Å². The molecule has 1 aromatic heterocycles. The van der Waals surface area contributed by atoms with Crippen molar-refractivity contribution in [3.8, 4) is 17.0 Å². The molecule has 0 bridgehead atoms. The SMILES string of the molecule is C=C1c2cc(-c3ccc(C(=O)O)cc3)ncc2OC12CCN(C(=O)OC(C)(C)C)CC2. The van der Waals surface area contributed by atoms with Gasteiger partial charge in [-0.25, -0.2) is 9.59 Å². The van der Waals surface area contributed by atoms with Crippen molar-refractivity contribution in [1.82, 2.24) is 9.88 Å². The maximum Gasteiger partial charge on any atom is 0.410 e. The third-order valence-corrected chi connectivity index (χ3v) is 5.70. The number of carbonyl (C=O) groups is 2. The lowest BCUT2D eigenvalue weighted by atomic mass is 9.83. The molecule has 1 fully saturated rings. The molecule has 0 saturated carbocycles. The zero-order valence-electron chi connectivity index (χ0n) is 18.0. The van der Waals surface area contributed by atoms with E-state index in [0.717, 1.165) is 22.4 Å². The zero-order valence-corrected chi connectivity index (χ0v) is 18.0. The van der Waals surface area contributed by atoms with Crippen molar-refractivity contribution < 1.29 is 24.2 Å². The van der Waals surface area contributed by atoms with E-state index in [1.165, 1.54) is 0 Å². The van der Waals surface area contributed by atoms with E-state index >= 15 is 0 Å². The first-order valence-corrected chi connectivity index (χ1v) is 10.3. The molecular weight excluding hydrogens is 396 g/mol. The first-order valence-electron chi connectivity index (χ1n) is 10.3.